The Kier molecular flexibility index (Phi) is 5.94. The van der Waals surface area contributed by atoms with Crippen molar-refractivity contribution in [2.24, 2.45) is 0 Å². The first-order valence-corrected chi connectivity index (χ1v) is 11.9. The van der Waals surface area contributed by atoms with Gasteiger partial charge in [-0.05, 0) is 12.1 Å². The highest BCUT2D eigenvalue weighted by Gasteiger charge is 2.18. The number of methoxy groups -OCH3 is 2. The van der Waals surface area contributed by atoms with E-state index in [0.29, 0.717) is 11.3 Å². The molecule has 114 valence electrons. The third-order valence-electron chi connectivity index (χ3n) is 3.27. The first-order chi connectivity index (χ1) is 9.20. The van der Waals surface area contributed by atoms with Crippen LogP contribution < -0.4 is 5.19 Å². The molecule has 6 heteroatoms. The fraction of sp³-hybridized carbons (Fsp3) is 0.571. The van der Waals surface area contributed by atoms with Crippen LogP contribution in [-0.4, -0.2) is 38.5 Å². The molecule has 1 aromatic rings. The van der Waals surface area contributed by atoms with Gasteiger partial charge in [0.2, 0.25) is 0 Å². The van der Waals surface area contributed by atoms with E-state index < -0.39 is 24.1 Å². The van der Waals surface area contributed by atoms with Gasteiger partial charge in [0, 0.05) is 31.3 Å². The quantitative estimate of drug-likeness (QED) is 0.621. The Labute approximate surface area is 123 Å². The van der Waals surface area contributed by atoms with Crippen molar-refractivity contribution in [3.63, 3.8) is 0 Å². The summed E-state index contributed by atoms with van der Waals surface area (Å²) in [6.45, 7) is 6.80. The summed E-state index contributed by atoms with van der Waals surface area (Å²) in [4.78, 5) is 0.588. The van der Waals surface area contributed by atoms with Crippen LogP contribution in [0.3, 0.4) is 0 Å². The van der Waals surface area contributed by atoms with E-state index in [2.05, 4.69) is 19.6 Å². The number of nitrogens with one attached hydrogen (secondary N) is 1. The van der Waals surface area contributed by atoms with Gasteiger partial charge in [-0.3, -0.25) is 0 Å². The van der Waals surface area contributed by atoms with Gasteiger partial charge >= 0.3 is 0 Å². The maximum atomic E-state index is 12.5. The largest absolute Gasteiger partial charge is 0.356 e. The number of ether oxygens (including phenoxy) is 2. The molecule has 1 N–H and O–H groups in total. The molecule has 1 unspecified atom stereocenters. The zero-order chi connectivity index (χ0) is 15.4. The Bertz CT molecular complexity index is 516. The minimum absolute atomic E-state index is 0.242. The number of rotatable bonds is 7. The van der Waals surface area contributed by atoms with Crippen molar-refractivity contribution < 1.29 is 13.7 Å². The van der Waals surface area contributed by atoms with Crippen molar-refractivity contribution in [3.05, 3.63) is 24.3 Å². The number of hydrogen-bond acceptors (Lipinski definition) is 4. The second-order valence-corrected chi connectivity index (χ2v) is 13.2. The van der Waals surface area contributed by atoms with Gasteiger partial charge in [0.05, 0.1) is 17.8 Å². The van der Waals surface area contributed by atoms with Crippen LogP contribution in [0.15, 0.2) is 29.2 Å². The summed E-state index contributed by atoms with van der Waals surface area (Å²) in [5.41, 5.74) is 0. The molecule has 0 aromatic heterocycles. The van der Waals surface area contributed by atoms with Gasteiger partial charge in [-0.15, -0.1) is 0 Å². The van der Waals surface area contributed by atoms with Crippen LogP contribution in [0.25, 0.3) is 0 Å². The molecule has 0 heterocycles. The van der Waals surface area contributed by atoms with Gasteiger partial charge in [-0.1, -0.05) is 37.0 Å². The number of hydrogen-bond donors (Lipinski definition) is 1. The van der Waals surface area contributed by atoms with E-state index in [1.807, 2.05) is 24.3 Å². The molecule has 0 spiro atoms. The molecule has 0 aliphatic carbocycles. The van der Waals surface area contributed by atoms with Crippen molar-refractivity contribution in [1.82, 2.24) is 0 Å². The molecule has 0 fully saturated rings. The zero-order valence-electron chi connectivity index (χ0n) is 12.9. The number of benzene rings is 1. The highest BCUT2D eigenvalue weighted by atomic mass is 32.2. The lowest BCUT2D eigenvalue weighted by atomic mass is 10.4. The third kappa shape index (κ3) is 4.70. The summed E-state index contributed by atoms with van der Waals surface area (Å²) >= 11 is 0. The predicted molar refractivity (Wildman–Crippen MR) is 85.8 cm³/mol. The molecule has 0 bridgehead atoms. The standard InChI is InChI=1S/C14H25NO3SSi/c1-17-14(18-2)10-11-19(15,16)12-6-8-13(9-7-12)20(3,4)5/h6-9,14-15H,10-11H2,1-5H3. The fourth-order valence-electron chi connectivity index (χ4n) is 1.89. The monoisotopic (exact) mass is 315 g/mol. The van der Waals surface area contributed by atoms with Crippen LogP contribution >= 0.6 is 0 Å². The molecule has 0 saturated heterocycles. The van der Waals surface area contributed by atoms with Crippen LogP contribution in [0.1, 0.15) is 6.42 Å². The predicted octanol–water partition coefficient (Wildman–Crippen LogP) is 2.65. The first kappa shape index (κ1) is 17.4. The maximum absolute atomic E-state index is 12.5. The molecule has 0 aliphatic rings. The second kappa shape index (κ2) is 6.84. The molecule has 0 saturated carbocycles. The van der Waals surface area contributed by atoms with Crippen LogP contribution in [0.4, 0.5) is 0 Å². The molecule has 1 rings (SSSR count). The molecule has 0 radical (unpaired) electrons. The van der Waals surface area contributed by atoms with Gasteiger partial charge < -0.3 is 9.47 Å². The van der Waals surface area contributed by atoms with E-state index in [1.165, 1.54) is 5.19 Å². The van der Waals surface area contributed by atoms with Crippen molar-refractivity contribution >= 4 is 23.0 Å². The lowest BCUT2D eigenvalue weighted by molar-refractivity contribution is -0.102. The van der Waals surface area contributed by atoms with Crippen molar-refractivity contribution in [3.8, 4) is 0 Å². The Hall–Kier alpha value is -0.693. The van der Waals surface area contributed by atoms with Gasteiger partial charge in [-0.25, -0.2) is 8.99 Å². The summed E-state index contributed by atoms with van der Waals surface area (Å²) in [7, 11) is -1.05. The fourth-order valence-corrected chi connectivity index (χ4v) is 4.39. The Morgan fingerprint density at radius 2 is 1.65 bits per heavy atom. The lowest BCUT2D eigenvalue weighted by Crippen LogP contribution is -2.37. The summed E-state index contributed by atoms with van der Waals surface area (Å²) < 4.78 is 30.7. The van der Waals surface area contributed by atoms with Gasteiger partial charge in [-0.2, -0.15) is 0 Å². The molecular weight excluding hydrogens is 290 g/mol. The van der Waals surface area contributed by atoms with Gasteiger partial charge in [0.25, 0.3) is 0 Å². The van der Waals surface area contributed by atoms with Crippen LogP contribution in [0, 0.1) is 4.78 Å². The Balaban J connectivity index is 2.83. The zero-order valence-corrected chi connectivity index (χ0v) is 14.8. The van der Waals surface area contributed by atoms with E-state index in [0.717, 1.165) is 0 Å². The summed E-state index contributed by atoms with van der Waals surface area (Å²) in [5, 5.41) is 1.31. The molecule has 20 heavy (non-hydrogen) atoms. The van der Waals surface area contributed by atoms with Crippen molar-refractivity contribution in [1.29, 1.82) is 4.78 Å². The molecule has 0 amide bonds. The van der Waals surface area contributed by atoms with E-state index in [4.69, 9.17) is 14.3 Å². The van der Waals surface area contributed by atoms with E-state index in [-0.39, 0.29) is 5.75 Å². The Morgan fingerprint density at radius 1 is 1.15 bits per heavy atom. The van der Waals surface area contributed by atoms with E-state index in [1.54, 1.807) is 14.2 Å². The Morgan fingerprint density at radius 3 is 2.05 bits per heavy atom. The van der Waals surface area contributed by atoms with E-state index >= 15 is 0 Å². The highest BCUT2D eigenvalue weighted by Crippen LogP contribution is 2.14. The van der Waals surface area contributed by atoms with E-state index in [9.17, 15) is 4.21 Å². The SMILES string of the molecule is COC(CCS(=N)(=O)c1ccc([Si](C)(C)C)cc1)OC. The molecule has 4 nitrogen and oxygen atoms in total. The van der Waals surface area contributed by atoms with Crippen molar-refractivity contribution in [2.75, 3.05) is 20.0 Å². The van der Waals surface area contributed by atoms with Crippen LogP contribution in [-0.2, 0) is 19.2 Å². The van der Waals surface area contributed by atoms with Gasteiger partial charge in [0.15, 0.2) is 6.29 Å². The normalized spacial score (nSPS) is 15.3. The smallest absolute Gasteiger partial charge is 0.157 e. The first-order valence-electron chi connectivity index (χ1n) is 6.63. The molecular formula is C14H25NO3SSi. The summed E-state index contributed by atoms with van der Waals surface area (Å²) in [6.07, 6.45) is 0.0490. The summed E-state index contributed by atoms with van der Waals surface area (Å²) in [6, 6.07) is 7.69. The molecule has 1 aromatic carbocycles. The topological polar surface area (TPSA) is 59.4 Å². The average Bonchev–Trinajstić information content (AvgIpc) is 2.39. The summed E-state index contributed by atoms with van der Waals surface area (Å²) in [5.74, 6) is 0.242. The third-order valence-corrected chi connectivity index (χ3v) is 7.18. The molecule has 0 aliphatic heterocycles. The van der Waals surface area contributed by atoms with Gasteiger partial charge in [0.1, 0.15) is 0 Å². The van der Waals surface area contributed by atoms with Crippen LogP contribution in [0.5, 0.6) is 0 Å². The minimum Gasteiger partial charge on any atom is -0.356 e. The average molecular weight is 316 g/mol. The minimum atomic E-state index is -2.78. The van der Waals surface area contributed by atoms with Crippen LogP contribution in [0.2, 0.25) is 19.6 Å². The van der Waals surface area contributed by atoms with Crippen molar-refractivity contribution in [2.45, 2.75) is 37.2 Å². The molecule has 1 atom stereocenters. The lowest BCUT2D eigenvalue weighted by Gasteiger charge is -2.18. The maximum Gasteiger partial charge on any atom is 0.157 e. The highest BCUT2D eigenvalue weighted by molar-refractivity contribution is 7.92. The second-order valence-electron chi connectivity index (χ2n) is 5.84.